The molecule has 0 aliphatic rings. The average molecular weight is 204 g/mol. The highest BCUT2D eigenvalue weighted by molar-refractivity contribution is 5.99. The van der Waals surface area contributed by atoms with Gasteiger partial charge in [-0.05, 0) is 26.0 Å². The fourth-order valence-corrected chi connectivity index (χ4v) is 1.71. The Hall–Kier alpha value is -1.71. The monoisotopic (exact) mass is 204 g/mol. The predicted octanol–water partition coefficient (Wildman–Crippen LogP) is 1.98. The number of aromatic nitrogens is 2. The number of benzene rings is 1. The highest BCUT2D eigenvalue weighted by Gasteiger charge is 2.11. The Balaban J connectivity index is 2.65. The van der Waals surface area contributed by atoms with Crippen LogP contribution in [-0.4, -0.2) is 15.8 Å². The third kappa shape index (κ3) is 1.63. The summed E-state index contributed by atoms with van der Waals surface area (Å²) in [6.45, 7) is 4.17. The molecule has 2 aromatic rings. The van der Waals surface area contributed by atoms with Gasteiger partial charge in [-0.15, -0.1) is 0 Å². The van der Waals surface area contributed by atoms with Gasteiger partial charge < -0.3 is 11.1 Å². The van der Waals surface area contributed by atoms with Crippen molar-refractivity contribution in [2.45, 2.75) is 19.9 Å². The van der Waals surface area contributed by atoms with Crippen molar-refractivity contribution in [3.63, 3.8) is 0 Å². The number of nitrogen functional groups attached to an aromatic ring is 1. The number of fused-ring (bicyclic) bond motifs is 1. The summed E-state index contributed by atoms with van der Waals surface area (Å²) in [4.78, 5) is 0. The molecule has 1 aromatic carbocycles. The van der Waals surface area contributed by atoms with E-state index in [1.54, 1.807) is 0 Å². The van der Waals surface area contributed by atoms with Crippen LogP contribution < -0.4 is 11.1 Å². The first-order chi connectivity index (χ1) is 7.09. The maximum Gasteiger partial charge on any atom is 0.158 e. The molecule has 0 saturated carbocycles. The fourth-order valence-electron chi connectivity index (χ4n) is 1.71. The molecule has 1 heterocycles. The van der Waals surface area contributed by atoms with Gasteiger partial charge in [0.15, 0.2) is 5.82 Å². The van der Waals surface area contributed by atoms with Crippen molar-refractivity contribution in [2.75, 3.05) is 11.1 Å². The van der Waals surface area contributed by atoms with E-state index in [9.17, 15) is 0 Å². The third-order valence-electron chi connectivity index (χ3n) is 2.34. The van der Waals surface area contributed by atoms with Gasteiger partial charge in [0.25, 0.3) is 0 Å². The number of hydrogen-bond donors (Lipinski definition) is 2. The highest BCUT2D eigenvalue weighted by Crippen LogP contribution is 2.28. The summed E-state index contributed by atoms with van der Waals surface area (Å²) in [6, 6.07) is 6.21. The molecule has 0 atom stereocenters. The van der Waals surface area contributed by atoms with Gasteiger partial charge in [0.1, 0.15) is 0 Å². The van der Waals surface area contributed by atoms with Crippen LogP contribution in [0.4, 0.5) is 11.5 Å². The van der Waals surface area contributed by atoms with Crippen LogP contribution in [0.1, 0.15) is 13.8 Å². The Labute approximate surface area is 89.1 Å². The zero-order chi connectivity index (χ0) is 11.0. The summed E-state index contributed by atoms with van der Waals surface area (Å²) in [6.07, 6.45) is 0. The van der Waals surface area contributed by atoms with Crippen molar-refractivity contribution in [2.24, 2.45) is 7.05 Å². The van der Waals surface area contributed by atoms with E-state index in [2.05, 4.69) is 24.3 Å². The van der Waals surface area contributed by atoms with Crippen molar-refractivity contribution in [1.82, 2.24) is 9.78 Å². The van der Waals surface area contributed by atoms with Gasteiger partial charge in [-0.25, -0.2) is 0 Å². The van der Waals surface area contributed by atoms with E-state index in [1.807, 2.05) is 29.9 Å². The Bertz CT molecular complexity index is 485. The minimum atomic E-state index is 0.350. The molecule has 0 radical (unpaired) electrons. The zero-order valence-corrected chi connectivity index (χ0v) is 9.28. The van der Waals surface area contributed by atoms with E-state index in [4.69, 9.17) is 5.73 Å². The molecule has 80 valence electrons. The maximum atomic E-state index is 5.95. The number of anilines is 2. The molecule has 3 N–H and O–H groups in total. The molecule has 0 spiro atoms. The van der Waals surface area contributed by atoms with E-state index in [0.717, 1.165) is 22.4 Å². The van der Waals surface area contributed by atoms with Gasteiger partial charge in [0.2, 0.25) is 0 Å². The lowest BCUT2D eigenvalue weighted by molar-refractivity contribution is 0.786. The summed E-state index contributed by atoms with van der Waals surface area (Å²) in [5.41, 5.74) is 7.77. The van der Waals surface area contributed by atoms with Gasteiger partial charge in [-0.1, -0.05) is 6.07 Å². The van der Waals surface area contributed by atoms with E-state index in [1.165, 1.54) is 0 Å². The number of nitrogens with one attached hydrogen (secondary N) is 1. The largest absolute Gasteiger partial charge is 0.398 e. The molecular weight excluding hydrogens is 188 g/mol. The van der Waals surface area contributed by atoms with Crippen LogP contribution in [0.5, 0.6) is 0 Å². The zero-order valence-electron chi connectivity index (χ0n) is 9.28. The number of hydrogen-bond acceptors (Lipinski definition) is 3. The number of aryl methyl sites for hydroxylation is 1. The van der Waals surface area contributed by atoms with Gasteiger partial charge in [-0.3, -0.25) is 4.68 Å². The summed E-state index contributed by atoms with van der Waals surface area (Å²) in [5.74, 6) is 0.862. The van der Waals surface area contributed by atoms with Crippen LogP contribution in [0.3, 0.4) is 0 Å². The first-order valence-electron chi connectivity index (χ1n) is 5.07. The van der Waals surface area contributed by atoms with Crippen LogP contribution in [0.25, 0.3) is 10.9 Å². The Morgan fingerprint density at radius 1 is 1.40 bits per heavy atom. The topological polar surface area (TPSA) is 55.9 Å². The summed E-state index contributed by atoms with van der Waals surface area (Å²) >= 11 is 0. The highest BCUT2D eigenvalue weighted by atomic mass is 15.3. The average Bonchev–Trinajstić information content (AvgIpc) is 2.44. The SMILES string of the molecule is CC(C)Nc1nn(C)c2cccc(N)c12. The van der Waals surface area contributed by atoms with Gasteiger partial charge in [-0.2, -0.15) is 5.10 Å². The summed E-state index contributed by atoms with van der Waals surface area (Å²) in [5, 5.41) is 8.72. The molecule has 0 saturated heterocycles. The molecular formula is C11H16N4. The van der Waals surface area contributed by atoms with E-state index in [-0.39, 0.29) is 0 Å². The number of nitrogens with two attached hydrogens (primary N) is 1. The lowest BCUT2D eigenvalue weighted by Crippen LogP contribution is -2.10. The van der Waals surface area contributed by atoms with E-state index >= 15 is 0 Å². The quantitative estimate of drug-likeness (QED) is 0.735. The van der Waals surface area contributed by atoms with Gasteiger partial charge >= 0.3 is 0 Å². The first kappa shape index (κ1) is 9.83. The Morgan fingerprint density at radius 3 is 2.80 bits per heavy atom. The number of rotatable bonds is 2. The summed E-state index contributed by atoms with van der Waals surface area (Å²) in [7, 11) is 1.92. The molecule has 4 heteroatoms. The Morgan fingerprint density at radius 2 is 2.13 bits per heavy atom. The standard InChI is InChI=1S/C11H16N4/c1-7(2)13-11-10-8(12)5-4-6-9(10)15(3)14-11/h4-7H,12H2,1-3H3,(H,13,14). The lowest BCUT2D eigenvalue weighted by atomic mass is 10.2. The molecule has 4 nitrogen and oxygen atoms in total. The van der Waals surface area contributed by atoms with Crippen LogP contribution in [0.2, 0.25) is 0 Å². The molecule has 15 heavy (non-hydrogen) atoms. The van der Waals surface area contributed by atoms with Gasteiger partial charge in [0, 0.05) is 18.8 Å². The maximum absolute atomic E-state index is 5.95. The minimum Gasteiger partial charge on any atom is -0.398 e. The third-order valence-corrected chi connectivity index (χ3v) is 2.34. The van der Waals surface area contributed by atoms with Crippen molar-refractivity contribution in [1.29, 1.82) is 0 Å². The second-order valence-corrected chi connectivity index (χ2v) is 4.01. The summed E-state index contributed by atoms with van der Waals surface area (Å²) < 4.78 is 1.84. The van der Waals surface area contributed by atoms with Gasteiger partial charge in [0.05, 0.1) is 10.9 Å². The van der Waals surface area contributed by atoms with Crippen molar-refractivity contribution >= 4 is 22.4 Å². The van der Waals surface area contributed by atoms with Crippen LogP contribution in [0.15, 0.2) is 18.2 Å². The Kier molecular flexibility index (Phi) is 2.26. The predicted molar refractivity (Wildman–Crippen MR) is 63.9 cm³/mol. The van der Waals surface area contributed by atoms with Crippen molar-refractivity contribution < 1.29 is 0 Å². The van der Waals surface area contributed by atoms with Crippen LogP contribution >= 0.6 is 0 Å². The normalized spacial score (nSPS) is 11.2. The van der Waals surface area contributed by atoms with E-state index < -0.39 is 0 Å². The first-order valence-corrected chi connectivity index (χ1v) is 5.07. The second kappa shape index (κ2) is 3.46. The molecule has 0 aliphatic carbocycles. The van der Waals surface area contributed by atoms with Crippen LogP contribution in [0, 0.1) is 0 Å². The second-order valence-electron chi connectivity index (χ2n) is 4.01. The molecule has 0 unspecified atom stereocenters. The minimum absolute atomic E-state index is 0.350. The molecule has 2 rings (SSSR count). The molecule has 0 bridgehead atoms. The lowest BCUT2D eigenvalue weighted by Gasteiger charge is -2.07. The van der Waals surface area contributed by atoms with Crippen molar-refractivity contribution in [3.8, 4) is 0 Å². The fraction of sp³-hybridized carbons (Fsp3) is 0.364. The molecule has 1 aromatic heterocycles. The molecule has 0 amide bonds. The van der Waals surface area contributed by atoms with E-state index in [0.29, 0.717) is 6.04 Å². The van der Waals surface area contributed by atoms with Crippen LogP contribution in [-0.2, 0) is 7.05 Å². The molecule has 0 fully saturated rings. The molecule has 0 aliphatic heterocycles. The number of nitrogens with zero attached hydrogens (tertiary/aromatic N) is 2. The smallest absolute Gasteiger partial charge is 0.158 e. The van der Waals surface area contributed by atoms with Crippen molar-refractivity contribution in [3.05, 3.63) is 18.2 Å².